The van der Waals surface area contributed by atoms with Gasteiger partial charge in [-0.3, -0.25) is 4.79 Å². The monoisotopic (exact) mass is 269 g/mol. The Morgan fingerprint density at radius 1 is 1.05 bits per heavy atom. The van der Waals surface area contributed by atoms with Gasteiger partial charge in [-0.2, -0.15) is 0 Å². The average molecular weight is 269 g/mol. The number of nitrogens with one attached hydrogen (secondary N) is 2. The van der Waals surface area contributed by atoms with E-state index in [1.807, 2.05) is 39.0 Å². The maximum atomic E-state index is 12.3. The zero-order valence-corrected chi connectivity index (χ0v) is 12.2. The van der Waals surface area contributed by atoms with Crippen LogP contribution in [0.5, 0.6) is 0 Å². The maximum Gasteiger partial charge on any atom is 0.255 e. The lowest BCUT2D eigenvalue weighted by Crippen LogP contribution is -2.13. The molecule has 0 saturated carbocycles. The number of nitrogens with zero attached hydrogens (tertiary/aromatic N) is 1. The van der Waals surface area contributed by atoms with Crippen molar-refractivity contribution in [3.8, 4) is 0 Å². The SMILES string of the molecule is CNc1cc(C(=O)Nc2ccc(C)c(C)c2)cc(C)n1. The van der Waals surface area contributed by atoms with Gasteiger partial charge in [-0.15, -0.1) is 0 Å². The van der Waals surface area contributed by atoms with Crippen LogP contribution in [0.2, 0.25) is 0 Å². The Morgan fingerprint density at radius 2 is 1.80 bits per heavy atom. The fourth-order valence-corrected chi connectivity index (χ4v) is 1.95. The molecule has 1 aromatic heterocycles. The second-order valence-corrected chi connectivity index (χ2v) is 4.89. The number of amides is 1. The molecule has 20 heavy (non-hydrogen) atoms. The van der Waals surface area contributed by atoms with Crippen molar-refractivity contribution in [3.05, 3.63) is 52.7 Å². The molecule has 0 saturated heterocycles. The van der Waals surface area contributed by atoms with Crippen molar-refractivity contribution < 1.29 is 4.79 Å². The van der Waals surface area contributed by atoms with Crippen LogP contribution in [0.15, 0.2) is 30.3 Å². The number of carbonyl (C=O) groups is 1. The minimum atomic E-state index is -0.129. The van der Waals surface area contributed by atoms with Crippen LogP contribution in [0, 0.1) is 20.8 Å². The Bertz CT molecular complexity index is 650. The third-order valence-electron chi connectivity index (χ3n) is 3.24. The van der Waals surface area contributed by atoms with Gasteiger partial charge in [-0.25, -0.2) is 4.98 Å². The second-order valence-electron chi connectivity index (χ2n) is 4.89. The van der Waals surface area contributed by atoms with E-state index in [4.69, 9.17) is 0 Å². The number of hydrogen-bond donors (Lipinski definition) is 2. The summed E-state index contributed by atoms with van der Waals surface area (Å²) in [4.78, 5) is 16.5. The van der Waals surface area contributed by atoms with Crippen molar-refractivity contribution in [1.82, 2.24) is 4.98 Å². The summed E-state index contributed by atoms with van der Waals surface area (Å²) >= 11 is 0. The van der Waals surface area contributed by atoms with Crippen molar-refractivity contribution >= 4 is 17.4 Å². The van der Waals surface area contributed by atoms with E-state index < -0.39 is 0 Å². The number of anilines is 2. The first kappa shape index (κ1) is 14.1. The van der Waals surface area contributed by atoms with Crippen LogP contribution >= 0.6 is 0 Å². The molecule has 0 bridgehead atoms. The van der Waals surface area contributed by atoms with E-state index in [-0.39, 0.29) is 5.91 Å². The predicted molar refractivity (Wildman–Crippen MR) is 82.4 cm³/mol. The lowest BCUT2D eigenvalue weighted by Gasteiger charge is -2.09. The van der Waals surface area contributed by atoms with E-state index in [0.717, 1.165) is 16.9 Å². The van der Waals surface area contributed by atoms with Gasteiger partial charge < -0.3 is 10.6 Å². The van der Waals surface area contributed by atoms with Crippen LogP contribution < -0.4 is 10.6 Å². The van der Waals surface area contributed by atoms with E-state index in [2.05, 4.69) is 15.6 Å². The predicted octanol–water partition coefficient (Wildman–Crippen LogP) is 3.30. The first-order valence-electron chi connectivity index (χ1n) is 6.54. The summed E-state index contributed by atoms with van der Waals surface area (Å²) in [6.45, 7) is 5.95. The number of hydrogen-bond acceptors (Lipinski definition) is 3. The number of benzene rings is 1. The maximum absolute atomic E-state index is 12.3. The van der Waals surface area contributed by atoms with E-state index >= 15 is 0 Å². The molecular weight excluding hydrogens is 250 g/mol. The molecule has 0 fully saturated rings. The molecule has 104 valence electrons. The van der Waals surface area contributed by atoms with E-state index in [1.54, 1.807) is 19.2 Å². The van der Waals surface area contributed by atoms with Gasteiger partial charge in [0.15, 0.2) is 0 Å². The van der Waals surface area contributed by atoms with Crippen molar-refractivity contribution in [3.63, 3.8) is 0 Å². The molecule has 1 heterocycles. The lowest BCUT2D eigenvalue weighted by molar-refractivity contribution is 0.102. The lowest BCUT2D eigenvalue weighted by atomic mass is 10.1. The van der Waals surface area contributed by atoms with Gasteiger partial charge in [-0.1, -0.05) is 6.07 Å². The van der Waals surface area contributed by atoms with E-state index in [0.29, 0.717) is 11.4 Å². The molecule has 1 aromatic carbocycles. The van der Waals surface area contributed by atoms with Crippen molar-refractivity contribution in [2.45, 2.75) is 20.8 Å². The highest BCUT2D eigenvalue weighted by Crippen LogP contribution is 2.16. The average Bonchev–Trinajstić information content (AvgIpc) is 2.42. The van der Waals surface area contributed by atoms with Gasteiger partial charge in [0, 0.05) is 24.0 Å². The second kappa shape index (κ2) is 5.74. The summed E-state index contributed by atoms with van der Waals surface area (Å²) in [5.74, 6) is 0.561. The largest absolute Gasteiger partial charge is 0.373 e. The Hall–Kier alpha value is -2.36. The van der Waals surface area contributed by atoms with Crippen LogP contribution in [0.3, 0.4) is 0 Å². The molecule has 4 nitrogen and oxygen atoms in total. The molecule has 2 aromatic rings. The zero-order chi connectivity index (χ0) is 14.7. The zero-order valence-electron chi connectivity index (χ0n) is 12.2. The third-order valence-corrected chi connectivity index (χ3v) is 3.24. The number of rotatable bonds is 3. The highest BCUT2D eigenvalue weighted by atomic mass is 16.1. The first-order valence-corrected chi connectivity index (χ1v) is 6.54. The molecule has 2 N–H and O–H groups in total. The van der Waals surface area contributed by atoms with Crippen molar-refractivity contribution in [2.75, 3.05) is 17.7 Å². The molecule has 0 radical (unpaired) electrons. The molecule has 0 unspecified atom stereocenters. The van der Waals surface area contributed by atoms with Gasteiger partial charge in [0.1, 0.15) is 5.82 Å². The fraction of sp³-hybridized carbons (Fsp3) is 0.250. The van der Waals surface area contributed by atoms with Gasteiger partial charge >= 0.3 is 0 Å². The molecule has 0 aliphatic heterocycles. The van der Waals surface area contributed by atoms with Crippen LogP contribution in [0.1, 0.15) is 27.2 Å². The quantitative estimate of drug-likeness (QED) is 0.899. The number of pyridine rings is 1. The van der Waals surface area contributed by atoms with E-state index in [9.17, 15) is 4.79 Å². The molecular formula is C16H19N3O. The first-order chi connectivity index (χ1) is 9.49. The molecule has 1 amide bonds. The summed E-state index contributed by atoms with van der Waals surface area (Å²) < 4.78 is 0. The molecule has 0 aliphatic rings. The fourth-order valence-electron chi connectivity index (χ4n) is 1.95. The minimum Gasteiger partial charge on any atom is -0.373 e. The van der Waals surface area contributed by atoms with Gasteiger partial charge in [0.25, 0.3) is 5.91 Å². The van der Waals surface area contributed by atoms with Gasteiger partial charge in [0.05, 0.1) is 0 Å². The Labute approximate surface area is 119 Å². The smallest absolute Gasteiger partial charge is 0.255 e. The summed E-state index contributed by atoms with van der Waals surface area (Å²) in [7, 11) is 1.78. The van der Waals surface area contributed by atoms with Crippen molar-refractivity contribution in [2.24, 2.45) is 0 Å². The normalized spacial score (nSPS) is 10.2. The van der Waals surface area contributed by atoms with Crippen LogP contribution in [-0.4, -0.2) is 17.9 Å². The summed E-state index contributed by atoms with van der Waals surface area (Å²) in [6, 6.07) is 9.40. The summed E-state index contributed by atoms with van der Waals surface area (Å²) in [6.07, 6.45) is 0. The number of aryl methyl sites for hydroxylation is 3. The molecule has 4 heteroatoms. The molecule has 0 spiro atoms. The van der Waals surface area contributed by atoms with Crippen molar-refractivity contribution in [1.29, 1.82) is 0 Å². The molecule has 2 rings (SSSR count). The Balaban J connectivity index is 2.23. The van der Waals surface area contributed by atoms with Crippen LogP contribution in [0.25, 0.3) is 0 Å². The van der Waals surface area contributed by atoms with Crippen LogP contribution in [-0.2, 0) is 0 Å². The highest BCUT2D eigenvalue weighted by molar-refractivity contribution is 6.04. The molecule has 0 atom stereocenters. The minimum absolute atomic E-state index is 0.129. The number of carbonyl (C=O) groups excluding carboxylic acids is 1. The van der Waals surface area contributed by atoms with Gasteiger partial charge in [0.2, 0.25) is 0 Å². The Kier molecular flexibility index (Phi) is 4.03. The molecule has 0 aliphatic carbocycles. The summed E-state index contributed by atoms with van der Waals surface area (Å²) in [5.41, 5.74) is 4.57. The topological polar surface area (TPSA) is 54.0 Å². The third kappa shape index (κ3) is 3.15. The summed E-state index contributed by atoms with van der Waals surface area (Å²) in [5, 5.41) is 5.86. The van der Waals surface area contributed by atoms with E-state index in [1.165, 1.54) is 5.56 Å². The number of aromatic nitrogens is 1. The van der Waals surface area contributed by atoms with Crippen LogP contribution in [0.4, 0.5) is 11.5 Å². The van der Waals surface area contributed by atoms with Gasteiger partial charge in [-0.05, 0) is 56.2 Å². The Morgan fingerprint density at radius 3 is 2.45 bits per heavy atom. The standard InChI is InChI=1S/C16H19N3O/c1-10-5-6-14(7-11(10)2)19-16(20)13-8-12(3)18-15(9-13)17-4/h5-9H,1-4H3,(H,17,18)(H,19,20). The highest BCUT2D eigenvalue weighted by Gasteiger charge is 2.09.